The number of carbonyl (C=O) groups is 1. The molecular formula is C19H24N4O3S3. The van der Waals surface area contributed by atoms with Crippen molar-refractivity contribution in [2.24, 2.45) is 15.7 Å². The van der Waals surface area contributed by atoms with Crippen LogP contribution in [0.3, 0.4) is 0 Å². The van der Waals surface area contributed by atoms with Crippen LogP contribution in [0, 0.1) is 0 Å². The Morgan fingerprint density at radius 3 is 2.90 bits per heavy atom. The van der Waals surface area contributed by atoms with E-state index in [0.717, 1.165) is 27.2 Å². The van der Waals surface area contributed by atoms with E-state index in [0.29, 0.717) is 12.2 Å². The van der Waals surface area contributed by atoms with Crippen LogP contribution in [0.15, 0.2) is 34.3 Å². The number of rotatable bonds is 6. The number of benzene rings is 1. The lowest BCUT2D eigenvalue weighted by molar-refractivity contribution is -0.121. The Labute approximate surface area is 182 Å². The van der Waals surface area contributed by atoms with Crippen LogP contribution in [0.1, 0.15) is 18.9 Å². The Morgan fingerprint density at radius 2 is 2.17 bits per heavy atom. The maximum atomic E-state index is 11.5. The number of hydrogen-bond acceptors (Lipinski definition) is 9. The van der Waals surface area contributed by atoms with Crippen molar-refractivity contribution in [2.75, 3.05) is 17.3 Å². The third kappa shape index (κ3) is 4.46. The van der Waals surface area contributed by atoms with E-state index in [2.05, 4.69) is 10.3 Å². The van der Waals surface area contributed by atoms with E-state index in [1.165, 1.54) is 11.8 Å². The Morgan fingerprint density at radius 1 is 1.38 bits per heavy atom. The van der Waals surface area contributed by atoms with Crippen LogP contribution in [0.5, 0.6) is 5.75 Å². The number of primary amides is 1. The van der Waals surface area contributed by atoms with Gasteiger partial charge in [0.25, 0.3) is 0 Å². The van der Waals surface area contributed by atoms with Crippen molar-refractivity contribution >= 4 is 51.3 Å². The van der Waals surface area contributed by atoms with E-state index in [1.54, 1.807) is 42.6 Å². The number of nitrogens with one attached hydrogen (secondary N) is 1. The molecule has 1 unspecified atom stereocenters. The molecule has 156 valence electrons. The van der Waals surface area contributed by atoms with Crippen LogP contribution in [0.25, 0.3) is 0 Å². The second-order valence-corrected chi connectivity index (χ2v) is 10.8. The first-order valence-corrected chi connectivity index (χ1v) is 12.4. The molecule has 5 N–H and O–H groups in total. The van der Waals surface area contributed by atoms with Gasteiger partial charge in [0.2, 0.25) is 5.91 Å². The first-order chi connectivity index (χ1) is 13.9. The number of aliphatic imine (C=N–C) groups is 2. The summed E-state index contributed by atoms with van der Waals surface area (Å²) in [6, 6.07) is 7.29. The van der Waals surface area contributed by atoms with E-state index < -0.39 is 17.6 Å². The van der Waals surface area contributed by atoms with Gasteiger partial charge in [-0.25, -0.2) is 0 Å². The SMILES string of the molecule is C[C@]1(C(N)=O)CSC(C[C@H](O)[C@@H]2CSC([C@@H]3CSC(c4ccccc4O)=N3)N2)=N1. The second-order valence-electron chi connectivity index (χ2n) is 7.56. The number of phenolic OH excluding ortho intramolecular Hbond substituents is 1. The summed E-state index contributed by atoms with van der Waals surface area (Å²) in [6.07, 6.45) is -0.158. The largest absolute Gasteiger partial charge is 0.507 e. The molecule has 29 heavy (non-hydrogen) atoms. The molecule has 10 heteroatoms. The molecule has 0 aromatic heterocycles. The minimum Gasteiger partial charge on any atom is -0.507 e. The summed E-state index contributed by atoms with van der Waals surface area (Å²) >= 11 is 4.91. The maximum absolute atomic E-state index is 11.5. The molecule has 1 aromatic rings. The number of aliphatic hydroxyl groups is 1. The van der Waals surface area contributed by atoms with Crippen molar-refractivity contribution in [2.45, 2.75) is 42.4 Å². The smallest absolute Gasteiger partial charge is 0.245 e. The van der Waals surface area contributed by atoms with E-state index in [1.807, 2.05) is 12.1 Å². The topological polar surface area (TPSA) is 120 Å². The fourth-order valence-corrected chi connectivity index (χ4v) is 7.27. The first-order valence-electron chi connectivity index (χ1n) is 9.42. The van der Waals surface area contributed by atoms with Crippen LogP contribution in [-0.2, 0) is 4.79 Å². The number of para-hydroxylation sites is 1. The number of nitrogens with two attached hydrogens (primary N) is 1. The molecule has 0 aliphatic carbocycles. The summed E-state index contributed by atoms with van der Waals surface area (Å²) in [5.41, 5.74) is 5.34. The number of phenols is 1. The highest BCUT2D eigenvalue weighted by molar-refractivity contribution is 8.15. The van der Waals surface area contributed by atoms with Crippen LogP contribution < -0.4 is 11.1 Å². The molecule has 3 aliphatic rings. The quantitative estimate of drug-likeness (QED) is 0.515. The lowest BCUT2D eigenvalue weighted by Crippen LogP contribution is -2.44. The van der Waals surface area contributed by atoms with Gasteiger partial charge in [0.15, 0.2) is 0 Å². The Kier molecular flexibility index (Phi) is 6.17. The first kappa shape index (κ1) is 21.0. The van der Waals surface area contributed by atoms with Gasteiger partial charge in [0, 0.05) is 35.3 Å². The van der Waals surface area contributed by atoms with Crippen molar-refractivity contribution in [3.8, 4) is 5.75 Å². The van der Waals surface area contributed by atoms with Crippen LogP contribution in [0.2, 0.25) is 0 Å². The molecule has 3 heterocycles. The maximum Gasteiger partial charge on any atom is 0.245 e. The monoisotopic (exact) mass is 452 g/mol. The van der Waals surface area contributed by atoms with Gasteiger partial charge in [0.1, 0.15) is 16.3 Å². The van der Waals surface area contributed by atoms with Gasteiger partial charge in [-0.2, -0.15) is 0 Å². The summed E-state index contributed by atoms with van der Waals surface area (Å²) in [7, 11) is 0. The Hall–Kier alpha value is -1.20. The summed E-state index contributed by atoms with van der Waals surface area (Å²) in [5.74, 6) is 1.98. The number of thioether (sulfide) groups is 3. The van der Waals surface area contributed by atoms with Crippen molar-refractivity contribution in [3.63, 3.8) is 0 Å². The van der Waals surface area contributed by atoms with Crippen molar-refractivity contribution in [1.29, 1.82) is 0 Å². The molecule has 1 fully saturated rings. The fourth-order valence-electron chi connectivity index (χ4n) is 3.42. The zero-order valence-corrected chi connectivity index (χ0v) is 18.4. The van der Waals surface area contributed by atoms with Crippen molar-refractivity contribution in [1.82, 2.24) is 5.32 Å². The van der Waals surface area contributed by atoms with Crippen LogP contribution in [0.4, 0.5) is 0 Å². The zero-order chi connectivity index (χ0) is 20.6. The fraction of sp³-hybridized carbons (Fsp3) is 0.526. The van der Waals surface area contributed by atoms with Gasteiger partial charge in [0.05, 0.1) is 22.6 Å². The van der Waals surface area contributed by atoms with Gasteiger partial charge in [-0.05, 0) is 19.1 Å². The molecule has 7 nitrogen and oxygen atoms in total. The number of aromatic hydroxyl groups is 1. The highest BCUT2D eigenvalue weighted by Gasteiger charge is 2.40. The molecule has 0 bridgehead atoms. The molecule has 1 aromatic carbocycles. The minimum atomic E-state index is -0.866. The van der Waals surface area contributed by atoms with Gasteiger partial charge < -0.3 is 15.9 Å². The van der Waals surface area contributed by atoms with Crippen molar-refractivity contribution < 1.29 is 15.0 Å². The molecule has 0 spiro atoms. The van der Waals surface area contributed by atoms with Crippen molar-refractivity contribution in [3.05, 3.63) is 29.8 Å². The normalized spacial score (nSPS) is 32.8. The van der Waals surface area contributed by atoms with Crippen LogP contribution >= 0.6 is 35.3 Å². The summed E-state index contributed by atoms with van der Waals surface area (Å²) in [6.45, 7) is 1.74. The molecular weight excluding hydrogens is 428 g/mol. The van der Waals surface area contributed by atoms with Gasteiger partial charge >= 0.3 is 0 Å². The summed E-state index contributed by atoms with van der Waals surface area (Å²) in [4.78, 5) is 20.8. The number of hydrogen-bond donors (Lipinski definition) is 4. The Balaban J connectivity index is 1.35. The average molecular weight is 453 g/mol. The van der Waals surface area contributed by atoms with Gasteiger partial charge in [-0.3, -0.25) is 20.1 Å². The molecule has 4 rings (SSSR count). The molecule has 5 atom stereocenters. The van der Waals surface area contributed by atoms with E-state index in [4.69, 9.17) is 10.7 Å². The second kappa shape index (κ2) is 8.50. The highest BCUT2D eigenvalue weighted by atomic mass is 32.2. The molecule has 3 aliphatic heterocycles. The molecule has 1 amide bonds. The summed E-state index contributed by atoms with van der Waals surface area (Å²) < 4.78 is 0. The Bertz CT molecular complexity index is 865. The standard InChI is InChI=1S/C19H24N4O3S3/c1-19(18(20)26)9-29-15(23-19)6-14(25)11-7-28-17(21-11)12-8-27-16(22-12)10-4-2-3-5-13(10)24/h2-5,11-12,14,17,21,24-25H,6-9H2,1H3,(H2,20,26)/t11-,12-,14-,17?,19+/m0/s1. The van der Waals surface area contributed by atoms with E-state index in [9.17, 15) is 15.0 Å². The number of aliphatic hydroxyl groups excluding tert-OH is 1. The lowest BCUT2D eigenvalue weighted by Gasteiger charge is -2.20. The third-order valence-electron chi connectivity index (χ3n) is 5.26. The molecule has 1 saturated heterocycles. The minimum absolute atomic E-state index is 0.0527. The van der Waals surface area contributed by atoms with E-state index >= 15 is 0 Å². The third-order valence-corrected chi connectivity index (χ3v) is 9.03. The lowest BCUT2D eigenvalue weighted by atomic mass is 10.1. The summed E-state index contributed by atoms with van der Waals surface area (Å²) in [5, 5.41) is 26.0. The zero-order valence-electron chi connectivity index (χ0n) is 15.9. The van der Waals surface area contributed by atoms with Crippen LogP contribution in [-0.4, -0.2) is 72.6 Å². The van der Waals surface area contributed by atoms with E-state index in [-0.39, 0.29) is 23.2 Å². The molecule has 0 saturated carbocycles. The molecule has 0 radical (unpaired) electrons. The highest BCUT2D eigenvalue weighted by Crippen LogP contribution is 2.35. The average Bonchev–Trinajstić information content (AvgIpc) is 3.41. The van der Waals surface area contributed by atoms with Gasteiger partial charge in [-0.1, -0.05) is 12.1 Å². The number of carbonyl (C=O) groups excluding carboxylic acids is 1. The van der Waals surface area contributed by atoms with Gasteiger partial charge in [-0.15, -0.1) is 35.3 Å². The number of amides is 1. The predicted octanol–water partition coefficient (Wildman–Crippen LogP) is 1.43. The number of nitrogens with zero attached hydrogens (tertiary/aromatic N) is 2. The predicted molar refractivity (Wildman–Crippen MR) is 122 cm³/mol.